The first-order chi connectivity index (χ1) is 12.7. The number of ether oxygens (including phenoxy) is 2. The van der Waals surface area contributed by atoms with Gasteiger partial charge in [-0.05, 0) is 79.1 Å². The molecule has 0 amide bonds. The smallest absolute Gasteiger partial charge is 0.186 e. The highest BCUT2D eigenvalue weighted by Crippen LogP contribution is 2.49. The van der Waals surface area contributed by atoms with Crippen LogP contribution in [-0.4, -0.2) is 19.0 Å². The van der Waals surface area contributed by atoms with Crippen LogP contribution in [0.2, 0.25) is 0 Å². The molecule has 0 spiro atoms. The topological polar surface area (TPSA) is 35.5 Å². The van der Waals surface area contributed by atoms with E-state index >= 15 is 0 Å². The summed E-state index contributed by atoms with van der Waals surface area (Å²) in [4.78, 5) is 12.6. The lowest BCUT2D eigenvalue weighted by Gasteiger charge is -2.32. The third-order valence-corrected chi connectivity index (χ3v) is 5.99. The molecule has 3 nitrogen and oxygen atoms in total. The van der Waals surface area contributed by atoms with Crippen LogP contribution in [0.15, 0.2) is 12.1 Å². The Morgan fingerprint density at radius 3 is 2.12 bits per heavy atom. The van der Waals surface area contributed by atoms with Gasteiger partial charge in [0.05, 0.1) is 13.2 Å². The van der Waals surface area contributed by atoms with Gasteiger partial charge in [0.2, 0.25) is 0 Å². The first-order valence-corrected chi connectivity index (χ1v) is 10.2. The van der Waals surface area contributed by atoms with Crippen molar-refractivity contribution in [3.05, 3.63) is 34.4 Å². The Morgan fingerprint density at radius 1 is 0.923 bits per heavy atom. The summed E-state index contributed by atoms with van der Waals surface area (Å²) in [6.07, 6.45) is 6.91. The molecule has 1 atom stereocenters. The van der Waals surface area contributed by atoms with Gasteiger partial charge in [-0.1, -0.05) is 12.8 Å². The molecule has 2 aliphatic rings. The SMILES string of the molecule is CCOc1cc2c3c(c4c(c2cc1OCC)C(=O)C4Cl)CCCCCC3. The summed E-state index contributed by atoms with van der Waals surface area (Å²) in [5.74, 6) is 1.52. The summed E-state index contributed by atoms with van der Waals surface area (Å²) in [6, 6.07) is 4.07. The highest BCUT2D eigenvalue weighted by Gasteiger charge is 2.40. The largest absolute Gasteiger partial charge is 0.490 e. The van der Waals surface area contributed by atoms with Crippen molar-refractivity contribution in [2.45, 2.75) is 57.7 Å². The number of hydrogen-bond donors (Lipinski definition) is 0. The summed E-state index contributed by atoms with van der Waals surface area (Å²) < 4.78 is 11.6. The number of halogens is 1. The van der Waals surface area contributed by atoms with Crippen LogP contribution >= 0.6 is 11.6 Å². The number of ketones is 1. The lowest BCUT2D eigenvalue weighted by atomic mass is 9.74. The molecule has 4 rings (SSSR count). The molecule has 0 heterocycles. The van der Waals surface area contributed by atoms with Gasteiger partial charge in [-0.15, -0.1) is 11.6 Å². The van der Waals surface area contributed by atoms with E-state index < -0.39 is 5.38 Å². The maximum atomic E-state index is 12.6. The molecule has 138 valence electrons. The zero-order chi connectivity index (χ0) is 18.3. The normalized spacial score (nSPS) is 19.2. The number of Topliss-reactive ketones (excluding diaryl/α,β-unsaturated/α-hetero) is 1. The molecule has 26 heavy (non-hydrogen) atoms. The quantitative estimate of drug-likeness (QED) is 0.639. The van der Waals surface area contributed by atoms with Gasteiger partial charge in [0, 0.05) is 5.56 Å². The lowest BCUT2D eigenvalue weighted by molar-refractivity contribution is 0.0962. The number of carbonyl (C=O) groups excluding carboxylic acids is 1. The van der Waals surface area contributed by atoms with Crippen LogP contribution in [0, 0.1) is 0 Å². The molecular weight excluding hydrogens is 348 g/mol. The van der Waals surface area contributed by atoms with E-state index in [9.17, 15) is 4.79 Å². The maximum Gasteiger partial charge on any atom is 0.186 e. The average Bonchev–Trinajstić information content (AvgIpc) is 2.62. The highest BCUT2D eigenvalue weighted by molar-refractivity contribution is 6.41. The number of fused-ring (bicyclic) bond motifs is 6. The van der Waals surface area contributed by atoms with E-state index in [1.807, 2.05) is 19.9 Å². The summed E-state index contributed by atoms with van der Waals surface area (Å²) in [5.41, 5.74) is 4.56. The molecule has 0 radical (unpaired) electrons. The van der Waals surface area contributed by atoms with E-state index in [4.69, 9.17) is 21.1 Å². The number of alkyl halides is 1. The monoisotopic (exact) mass is 372 g/mol. The summed E-state index contributed by atoms with van der Waals surface area (Å²) >= 11 is 6.44. The third kappa shape index (κ3) is 2.68. The lowest BCUT2D eigenvalue weighted by Crippen LogP contribution is -2.26. The molecule has 1 unspecified atom stereocenters. The summed E-state index contributed by atoms with van der Waals surface area (Å²) in [5, 5.41) is 1.64. The fourth-order valence-electron chi connectivity index (χ4n) is 4.43. The van der Waals surface area contributed by atoms with Crippen LogP contribution in [0.4, 0.5) is 0 Å². The fourth-order valence-corrected chi connectivity index (χ4v) is 4.78. The van der Waals surface area contributed by atoms with Gasteiger partial charge in [-0.2, -0.15) is 0 Å². The Balaban J connectivity index is 2.02. The van der Waals surface area contributed by atoms with Gasteiger partial charge in [-0.25, -0.2) is 0 Å². The zero-order valence-electron chi connectivity index (χ0n) is 15.5. The van der Waals surface area contributed by atoms with Gasteiger partial charge in [0.15, 0.2) is 17.3 Å². The van der Waals surface area contributed by atoms with Gasteiger partial charge >= 0.3 is 0 Å². The third-order valence-electron chi connectivity index (χ3n) is 5.57. The predicted octanol–water partition coefficient (Wildman–Crippen LogP) is 5.77. The van der Waals surface area contributed by atoms with Crippen LogP contribution in [0.5, 0.6) is 11.5 Å². The highest BCUT2D eigenvalue weighted by atomic mass is 35.5. The van der Waals surface area contributed by atoms with Crippen molar-refractivity contribution < 1.29 is 14.3 Å². The molecule has 0 saturated carbocycles. The van der Waals surface area contributed by atoms with Crippen molar-refractivity contribution in [2.75, 3.05) is 13.2 Å². The summed E-state index contributed by atoms with van der Waals surface area (Å²) in [7, 11) is 0. The Hall–Kier alpha value is -1.74. The zero-order valence-corrected chi connectivity index (χ0v) is 16.2. The van der Waals surface area contributed by atoms with Gasteiger partial charge in [-0.3, -0.25) is 4.79 Å². The van der Waals surface area contributed by atoms with Crippen molar-refractivity contribution in [3.63, 3.8) is 0 Å². The number of hydrogen-bond acceptors (Lipinski definition) is 3. The van der Waals surface area contributed by atoms with Crippen molar-refractivity contribution >= 4 is 28.2 Å². The fraction of sp³-hybridized carbons (Fsp3) is 0.500. The van der Waals surface area contributed by atoms with E-state index in [-0.39, 0.29) is 5.78 Å². The molecule has 2 aromatic rings. The predicted molar refractivity (Wildman–Crippen MR) is 105 cm³/mol. The minimum Gasteiger partial charge on any atom is -0.490 e. The van der Waals surface area contributed by atoms with E-state index in [2.05, 4.69) is 6.07 Å². The number of aryl methyl sites for hydroxylation is 1. The number of rotatable bonds is 4. The molecule has 0 aliphatic heterocycles. The minimum absolute atomic E-state index is 0.0446. The van der Waals surface area contributed by atoms with Gasteiger partial charge in [0.1, 0.15) is 5.38 Å². The Labute approximate surface area is 159 Å². The second-order valence-corrected chi connectivity index (χ2v) is 7.53. The molecule has 2 aromatic carbocycles. The van der Waals surface area contributed by atoms with Crippen molar-refractivity contribution in [1.29, 1.82) is 0 Å². The van der Waals surface area contributed by atoms with Gasteiger partial charge < -0.3 is 9.47 Å². The van der Waals surface area contributed by atoms with E-state index in [1.165, 1.54) is 30.4 Å². The minimum atomic E-state index is -0.482. The van der Waals surface area contributed by atoms with Crippen LogP contribution < -0.4 is 9.47 Å². The Morgan fingerprint density at radius 2 is 1.50 bits per heavy atom. The van der Waals surface area contributed by atoms with Crippen molar-refractivity contribution in [3.8, 4) is 11.5 Å². The molecule has 0 aromatic heterocycles. The van der Waals surface area contributed by atoms with Crippen LogP contribution in [-0.2, 0) is 12.8 Å². The molecule has 0 fully saturated rings. The van der Waals surface area contributed by atoms with Crippen LogP contribution in [0.1, 0.15) is 72.0 Å². The van der Waals surface area contributed by atoms with E-state index in [1.54, 1.807) is 0 Å². The Bertz CT molecular complexity index is 872. The number of carbonyl (C=O) groups is 1. The Kier molecular flexibility index (Phi) is 4.83. The van der Waals surface area contributed by atoms with Crippen molar-refractivity contribution in [1.82, 2.24) is 0 Å². The van der Waals surface area contributed by atoms with E-state index in [0.29, 0.717) is 19.0 Å². The molecule has 2 aliphatic carbocycles. The molecule has 0 saturated heterocycles. The second kappa shape index (κ2) is 7.11. The standard InChI is InChI=1S/C22H25ClO3/c1-3-25-17-11-15-13-9-7-5-6-8-10-14(13)19-20(22(24)21(19)23)16(15)12-18(17)26-4-2/h11-12,21H,3-10H2,1-2H3. The second-order valence-electron chi connectivity index (χ2n) is 7.10. The first kappa shape index (κ1) is 17.7. The summed E-state index contributed by atoms with van der Waals surface area (Å²) in [6.45, 7) is 5.08. The van der Waals surface area contributed by atoms with Crippen LogP contribution in [0.3, 0.4) is 0 Å². The van der Waals surface area contributed by atoms with Crippen LogP contribution in [0.25, 0.3) is 10.8 Å². The molecule has 0 bridgehead atoms. The maximum absolute atomic E-state index is 12.6. The van der Waals surface area contributed by atoms with Gasteiger partial charge in [0.25, 0.3) is 0 Å². The van der Waals surface area contributed by atoms with E-state index in [0.717, 1.165) is 46.9 Å². The molecule has 4 heteroatoms. The average molecular weight is 373 g/mol. The first-order valence-electron chi connectivity index (χ1n) is 9.76. The molecular formula is C22H25ClO3. The number of benzene rings is 2. The molecule has 0 N–H and O–H groups in total. The van der Waals surface area contributed by atoms with Crippen molar-refractivity contribution in [2.24, 2.45) is 0 Å².